The SMILES string of the molecule is COc1ccccc1N1CCN(S(=O)(=O)c2ccc3c(c2)NC(=O)[C@@H](C)C(=O)N3)CC1. The Morgan fingerprint density at radius 1 is 0.935 bits per heavy atom. The molecule has 2 N–H and O–H groups in total. The lowest BCUT2D eigenvalue weighted by atomic mass is 10.1. The van der Waals surface area contributed by atoms with Crippen LogP contribution < -0.4 is 20.3 Å². The Bertz CT molecular complexity index is 1130. The highest BCUT2D eigenvalue weighted by Crippen LogP contribution is 2.32. The number of fused-ring (bicyclic) bond motifs is 1. The number of sulfonamides is 1. The van der Waals surface area contributed by atoms with E-state index in [1.807, 2.05) is 24.3 Å². The molecule has 0 aromatic heterocycles. The number of hydrogen-bond donors (Lipinski definition) is 2. The van der Waals surface area contributed by atoms with E-state index in [-0.39, 0.29) is 10.6 Å². The van der Waals surface area contributed by atoms with Crippen LogP contribution >= 0.6 is 0 Å². The van der Waals surface area contributed by atoms with Crippen molar-refractivity contribution in [2.24, 2.45) is 5.92 Å². The van der Waals surface area contributed by atoms with E-state index in [9.17, 15) is 18.0 Å². The summed E-state index contributed by atoms with van der Waals surface area (Å²) < 4.78 is 33.3. The topological polar surface area (TPSA) is 108 Å². The second-order valence-corrected chi connectivity index (χ2v) is 9.41. The third kappa shape index (κ3) is 3.96. The van der Waals surface area contributed by atoms with Crippen molar-refractivity contribution < 1.29 is 22.7 Å². The molecule has 164 valence electrons. The molecule has 9 nitrogen and oxygen atoms in total. The molecule has 2 heterocycles. The van der Waals surface area contributed by atoms with E-state index < -0.39 is 27.8 Å². The largest absolute Gasteiger partial charge is 0.495 e. The first-order valence-corrected chi connectivity index (χ1v) is 11.4. The summed E-state index contributed by atoms with van der Waals surface area (Å²) in [6, 6.07) is 12.0. The molecule has 0 aliphatic carbocycles. The molecular weight excluding hydrogens is 420 g/mol. The molecule has 0 bridgehead atoms. The fraction of sp³-hybridized carbons (Fsp3) is 0.333. The Labute approximate surface area is 181 Å². The number of carbonyl (C=O) groups is 2. The summed E-state index contributed by atoms with van der Waals surface area (Å²) in [4.78, 5) is 26.3. The zero-order valence-electron chi connectivity index (χ0n) is 17.3. The average Bonchev–Trinajstić information content (AvgIpc) is 2.89. The number of carbonyl (C=O) groups excluding carboxylic acids is 2. The van der Waals surface area contributed by atoms with Gasteiger partial charge in [-0.2, -0.15) is 4.31 Å². The average molecular weight is 445 g/mol. The van der Waals surface area contributed by atoms with Crippen LogP contribution in [0.5, 0.6) is 5.75 Å². The highest BCUT2D eigenvalue weighted by atomic mass is 32.2. The van der Waals surface area contributed by atoms with Gasteiger partial charge in [0.1, 0.15) is 11.7 Å². The second kappa shape index (κ2) is 8.20. The first-order chi connectivity index (χ1) is 14.8. The van der Waals surface area contributed by atoms with Gasteiger partial charge in [0, 0.05) is 26.2 Å². The van der Waals surface area contributed by atoms with Crippen molar-refractivity contribution >= 4 is 38.9 Å². The molecule has 4 rings (SSSR count). The normalized spacial score (nSPS) is 19.8. The number of rotatable bonds is 4. The van der Waals surface area contributed by atoms with E-state index in [4.69, 9.17) is 4.74 Å². The van der Waals surface area contributed by atoms with Crippen LogP contribution in [-0.4, -0.2) is 57.8 Å². The van der Waals surface area contributed by atoms with Crippen LogP contribution in [0, 0.1) is 5.92 Å². The number of anilines is 3. The van der Waals surface area contributed by atoms with Gasteiger partial charge < -0.3 is 20.3 Å². The number of benzene rings is 2. The highest BCUT2D eigenvalue weighted by molar-refractivity contribution is 7.89. The summed E-state index contributed by atoms with van der Waals surface area (Å²) in [7, 11) is -2.15. The second-order valence-electron chi connectivity index (χ2n) is 7.47. The lowest BCUT2D eigenvalue weighted by Crippen LogP contribution is -2.48. The van der Waals surface area contributed by atoms with Gasteiger partial charge in [0.2, 0.25) is 21.8 Å². The maximum Gasteiger partial charge on any atom is 0.243 e. The lowest BCUT2D eigenvalue weighted by molar-refractivity contribution is -0.128. The van der Waals surface area contributed by atoms with Crippen LogP contribution in [0.15, 0.2) is 47.4 Å². The van der Waals surface area contributed by atoms with Crippen LogP contribution in [0.1, 0.15) is 6.92 Å². The summed E-state index contributed by atoms with van der Waals surface area (Å²) in [5.41, 5.74) is 1.58. The fourth-order valence-electron chi connectivity index (χ4n) is 3.71. The summed E-state index contributed by atoms with van der Waals surface area (Å²) in [6.45, 7) is 3.17. The zero-order valence-corrected chi connectivity index (χ0v) is 18.1. The molecule has 2 aromatic rings. The maximum atomic E-state index is 13.2. The molecular formula is C21H24N4O5S. The Balaban J connectivity index is 1.53. The predicted molar refractivity (Wildman–Crippen MR) is 117 cm³/mol. The number of nitrogens with zero attached hydrogens (tertiary/aromatic N) is 2. The quantitative estimate of drug-likeness (QED) is 0.696. The molecule has 10 heteroatoms. The molecule has 2 aliphatic rings. The van der Waals surface area contributed by atoms with Crippen molar-refractivity contribution in [1.82, 2.24) is 4.31 Å². The van der Waals surface area contributed by atoms with Gasteiger partial charge >= 0.3 is 0 Å². The van der Waals surface area contributed by atoms with Gasteiger partial charge in [-0.3, -0.25) is 9.59 Å². The van der Waals surface area contributed by atoms with Gasteiger partial charge in [0.05, 0.1) is 29.1 Å². The van der Waals surface area contributed by atoms with E-state index in [1.54, 1.807) is 7.11 Å². The van der Waals surface area contributed by atoms with Crippen LogP contribution in [0.25, 0.3) is 0 Å². The molecule has 31 heavy (non-hydrogen) atoms. The molecule has 1 saturated heterocycles. The molecule has 1 atom stereocenters. The highest BCUT2D eigenvalue weighted by Gasteiger charge is 2.32. The summed E-state index contributed by atoms with van der Waals surface area (Å²) in [5.74, 6) is -1.03. The standard InChI is InChI=1S/C21H24N4O5S/c1-14-20(26)22-16-8-7-15(13-17(16)23-21(14)27)31(28,29)25-11-9-24(10-12-25)18-5-3-4-6-19(18)30-2/h3-8,13-14H,9-12H2,1-2H3,(H,22,26)(H,23,27)/t14-/m0/s1. The van der Waals surface area contributed by atoms with E-state index in [0.717, 1.165) is 11.4 Å². The first-order valence-electron chi connectivity index (χ1n) is 9.95. The van der Waals surface area contributed by atoms with Crippen LogP contribution in [-0.2, 0) is 19.6 Å². The minimum atomic E-state index is -3.76. The van der Waals surface area contributed by atoms with Crippen LogP contribution in [0.2, 0.25) is 0 Å². The Kier molecular flexibility index (Phi) is 5.59. The number of para-hydroxylation sites is 2. The third-order valence-electron chi connectivity index (χ3n) is 5.60. The Hall–Kier alpha value is -3.11. The minimum Gasteiger partial charge on any atom is -0.495 e. The van der Waals surface area contributed by atoms with Crippen LogP contribution in [0.3, 0.4) is 0 Å². The number of hydrogen-bond acceptors (Lipinski definition) is 6. The van der Waals surface area contributed by atoms with E-state index in [1.165, 1.54) is 29.4 Å². The molecule has 0 unspecified atom stereocenters. The van der Waals surface area contributed by atoms with Crippen molar-refractivity contribution in [2.75, 3.05) is 48.8 Å². The fourth-order valence-corrected chi connectivity index (χ4v) is 5.16. The Morgan fingerprint density at radius 2 is 1.58 bits per heavy atom. The van der Waals surface area contributed by atoms with Crippen molar-refractivity contribution in [3.8, 4) is 5.75 Å². The summed E-state index contributed by atoms with van der Waals surface area (Å²) in [5, 5.41) is 5.28. The van der Waals surface area contributed by atoms with Gasteiger partial charge in [-0.25, -0.2) is 8.42 Å². The van der Waals surface area contributed by atoms with Crippen LogP contribution in [0.4, 0.5) is 17.1 Å². The summed E-state index contributed by atoms with van der Waals surface area (Å²) in [6.07, 6.45) is 0. The van der Waals surface area contributed by atoms with Gasteiger partial charge in [-0.15, -0.1) is 0 Å². The number of ether oxygens (including phenoxy) is 1. The molecule has 2 aliphatic heterocycles. The number of piperazine rings is 1. The van der Waals surface area contributed by atoms with Gasteiger partial charge in [-0.1, -0.05) is 12.1 Å². The molecule has 1 fully saturated rings. The van der Waals surface area contributed by atoms with Crippen molar-refractivity contribution in [2.45, 2.75) is 11.8 Å². The molecule has 2 aromatic carbocycles. The Morgan fingerprint density at radius 3 is 2.26 bits per heavy atom. The predicted octanol–water partition coefficient (Wildman–Crippen LogP) is 1.73. The molecule has 0 radical (unpaired) electrons. The van der Waals surface area contributed by atoms with E-state index in [2.05, 4.69) is 15.5 Å². The molecule has 2 amide bonds. The van der Waals surface area contributed by atoms with Gasteiger partial charge in [0.15, 0.2) is 0 Å². The number of amides is 2. The van der Waals surface area contributed by atoms with Gasteiger partial charge in [0.25, 0.3) is 0 Å². The molecule has 0 saturated carbocycles. The molecule has 0 spiro atoms. The summed E-state index contributed by atoms with van der Waals surface area (Å²) >= 11 is 0. The third-order valence-corrected chi connectivity index (χ3v) is 7.49. The van der Waals surface area contributed by atoms with Crippen molar-refractivity contribution in [1.29, 1.82) is 0 Å². The minimum absolute atomic E-state index is 0.0705. The van der Waals surface area contributed by atoms with Gasteiger partial charge in [-0.05, 0) is 37.3 Å². The van der Waals surface area contributed by atoms with E-state index in [0.29, 0.717) is 31.9 Å². The number of nitrogens with one attached hydrogen (secondary N) is 2. The number of methoxy groups -OCH3 is 1. The zero-order chi connectivity index (χ0) is 22.2. The van der Waals surface area contributed by atoms with Crippen molar-refractivity contribution in [3.63, 3.8) is 0 Å². The lowest BCUT2D eigenvalue weighted by Gasteiger charge is -2.36. The maximum absolute atomic E-state index is 13.2. The van der Waals surface area contributed by atoms with Crippen molar-refractivity contribution in [3.05, 3.63) is 42.5 Å². The first kappa shape index (κ1) is 21.1. The monoisotopic (exact) mass is 444 g/mol. The van der Waals surface area contributed by atoms with E-state index >= 15 is 0 Å². The smallest absolute Gasteiger partial charge is 0.243 e.